The summed E-state index contributed by atoms with van der Waals surface area (Å²) >= 11 is 3.21. The first-order valence-electron chi connectivity index (χ1n) is 6.20. The Balaban J connectivity index is 1.92. The zero-order chi connectivity index (χ0) is 13.8. The van der Waals surface area contributed by atoms with Crippen molar-refractivity contribution in [3.8, 4) is 0 Å². The third kappa shape index (κ3) is 3.53. The number of pyridine rings is 1. The standard InChI is InChI=1S/C13H15BrN2O3/c14-11-6-8(4-5-15-11)12(17)16-7-9-2-1-3-10(9)13(18)19/h4-6,9-10H,1-3,7H2,(H,16,17)(H,18,19). The number of carboxylic acids is 1. The highest BCUT2D eigenvalue weighted by Gasteiger charge is 2.32. The van der Waals surface area contributed by atoms with E-state index < -0.39 is 5.97 Å². The number of rotatable bonds is 4. The number of aliphatic carboxylic acids is 1. The van der Waals surface area contributed by atoms with Crippen molar-refractivity contribution in [2.45, 2.75) is 19.3 Å². The Kier molecular flexibility index (Phi) is 4.52. The number of carboxylic acid groups (broad SMARTS) is 1. The molecule has 2 rings (SSSR count). The van der Waals surface area contributed by atoms with Crippen LogP contribution in [0.2, 0.25) is 0 Å². The molecule has 2 unspecified atom stereocenters. The van der Waals surface area contributed by atoms with Crippen LogP contribution in [0.25, 0.3) is 0 Å². The van der Waals surface area contributed by atoms with Crippen LogP contribution in [0.4, 0.5) is 0 Å². The monoisotopic (exact) mass is 326 g/mol. The highest BCUT2D eigenvalue weighted by atomic mass is 79.9. The van der Waals surface area contributed by atoms with E-state index in [1.165, 1.54) is 0 Å². The minimum Gasteiger partial charge on any atom is -0.481 e. The third-order valence-corrected chi connectivity index (χ3v) is 3.92. The van der Waals surface area contributed by atoms with Crippen molar-refractivity contribution < 1.29 is 14.7 Å². The van der Waals surface area contributed by atoms with Crippen LogP contribution in [0.3, 0.4) is 0 Å². The second-order valence-electron chi connectivity index (χ2n) is 4.71. The summed E-state index contributed by atoms with van der Waals surface area (Å²) in [6, 6.07) is 3.27. The summed E-state index contributed by atoms with van der Waals surface area (Å²) in [5.41, 5.74) is 0.520. The van der Waals surface area contributed by atoms with Gasteiger partial charge in [-0.2, -0.15) is 0 Å². The summed E-state index contributed by atoms with van der Waals surface area (Å²) in [6.07, 6.45) is 4.03. The van der Waals surface area contributed by atoms with Gasteiger partial charge in [0.1, 0.15) is 4.60 Å². The van der Waals surface area contributed by atoms with E-state index in [-0.39, 0.29) is 17.7 Å². The fraction of sp³-hybridized carbons (Fsp3) is 0.462. The lowest BCUT2D eigenvalue weighted by Gasteiger charge is -2.16. The number of nitrogens with zero attached hydrogens (tertiary/aromatic N) is 1. The Morgan fingerprint density at radius 2 is 2.26 bits per heavy atom. The molecule has 0 bridgehead atoms. The molecule has 2 N–H and O–H groups in total. The second kappa shape index (κ2) is 6.14. The van der Waals surface area contributed by atoms with Crippen LogP contribution in [-0.2, 0) is 4.79 Å². The summed E-state index contributed by atoms with van der Waals surface area (Å²) < 4.78 is 0.601. The number of carbonyl (C=O) groups excluding carboxylic acids is 1. The molecule has 19 heavy (non-hydrogen) atoms. The van der Waals surface area contributed by atoms with Gasteiger partial charge in [0, 0.05) is 18.3 Å². The number of amides is 1. The van der Waals surface area contributed by atoms with Crippen molar-refractivity contribution in [1.29, 1.82) is 0 Å². The molecule has 0 aromatic carbocycles. The van der Waals surface area contributed by atoms with Gasteiger partial charge in [-0.15, -0.1) is 0 Å². The maximum Gasteiger partial charge on any atom is 0.306 e. The molecule has 1 aliphatic carbocycles. The average Bonchev–Trinajstić information content (AvgIpc) is 2.84. The lowest BCUT2D eigenvalue weighted by atomic mass is 9.96. The van der Waals surface area contributed by atoms with Crippen LogP contribution in [0.15, 0.2) is 22.9 Å². The Labute approximate surface area is 119 Å². The van der Waals surface area contributed by atoms with Crippen molar-refractivity contribution in [2.75, 3.05) is 6.54 Å². The highest BCUT2D eigenvalue weighted by Crippen LogP contribution is 2.31. The van der Waals surface area contributed by atoms with Crippen LogP contribution in [-0.4, -0.2) is 28.5 Å². The molecule has 1 fully saturated rings. The molecule has 0 aliphatic heterocycles. The number of nitrogens with one attached hydrogen (secondary N) is 1. The van der Waals surface area contributed by atoms with Crippen molar-refractivity contribution in [3.05, 3.63) is 28.5 Å². The summed E-state index contributed by atoms with van der Waals surface area (Å²) in [5, 5.41) is 11.9. The molecule has 0 radical (unpaired) electrons. The molecule has 1 aliphatic rings. The first-order valence-corrected chi connectivity index (χ1v) is 7.00. The van der Waals surface area contributed by atoms with Crippen molar-refractivity contribution in [3.63, 3.8) is 0 Å². The summed E-state index contributed by atoms with van der Waals surface area (Å²) in [5.74, 6) is -1.25. The fourth-order valence-electron chi connectivity index (χ4n) is 2.48. The first kappa shape index (κ1) is 14.0. The third-order valence-electron chi connectivity index (χ3n) is 3.49. The van der Waals surface area contributed by atoms with Crippen LogP contribution in [0, 0.1) is 11.8 Å². The number of carbonyl (C=O) groups is 2. The molecule has 102 valence electrons. The van der Waals surface area contributed by atoms with E-state index in [2.05, 4.69) is 26.2 Å². The molecule has 1 aromatic rings. The molecule has 1 heterocycles. The topological polar surface area (TPSA) is 79.3 Å². The smallest absolute Gasteiger partial charge is 0.306 e. The number of aromatic nitrogens is 1. The summed E-state index contributed by atoms with van der Waals surface area (Å²) in [4.78, 5) is 26.9. The van der Waals surface area contributed by atoms with Gasteiger partial charge in [0.15, 0.2) is 0 Å². The average molecular weight is 327 g/mol. The zero-order valence-corrected chi connectivity index (χ0v) is 11.9. The zero-order valence-electron chi connectivity index (χ0n) is 10.3. The highest BCUT2D eigenvalue weighted by molar-refractivity contribution is 9.10. The molecular weight excluding hydrogens is 312 g/mol. The van der Waals surface area contributed by atoms with E-state index in [0.717, 1.165) is 12.8 Å². The molecule has 6 heteroatoms. The van der Waals surface area contributed by atoms with Gasteiger partial charge in [-0.05, 0) is 46.8 Å². The molecular formula is C13H15BrN2O3. The van der Waals surface area contributed by atoms with E-state index in [4.69, 9.17) is 5.11 Å². The van der Waals surface area contributed by atoms with Crippen LogP contribution < -0.4 is 5.32 Å². The molecule has 1 amide bonds. The predicted molar refractivity (Wildman–Crippen MR) is 72.7 cm³/mol. The maximum atomic E-state index is 11.9. The predicted octanol–water partition coefficient (Wildman–Crippen LogP) is 2.07. The molecule has 0 saturated heterocycles. The van der Waals surface area contributed by atoms with Gasteiger partial charge >= 0.3 is 5.97 Å². The Morgan fingerprint density at radius 1 is 1.47 bits per heavy atom. The van der Waals surface area contributed by atoms with Gasteiger partial charge in [0.2, 0.25) is 0 Å². The minimum atomic E-state index is -0.761. The molecule has 2 atom stereocenters. The minimum absolute atomic E-state index is 0.0340. The SMILES string of the molecule is O=C(NCC1CCCC1C(=O)O)c1ccnc(Br)c1. The molecule has 0 spiro atoms. The Morgan fingerprint density at radius 3 is 2.95 bits per heavy atom. The number of hydrogen-bond donors (Lipinski definition) is 2. The van der Waals surface area contributed by atoms with Crippen LogP contribution >= 0.6 is 15.9 Å². The first-order chi connectivity index (χ1) is 9.08. The Bertz CT molecular complexity index is 493. The van der Waals surface area contributed by atoms with Crippen LogP contribution in [0.1, 0.15) is 29.6 Å². The van der Waals surface area contributed by atoms with Gasteiger partial charge in [-0.1, -0.05) is 6.42 Å². The van der Waals surface area contributed by atoms with Crippen molar-refractivity contribution in [2.24, 2.45) is 11.8 Å². The fourth-order valence-corrected chi connectivity index (χ4v) is 2.84. The van der Waals surface area contributed by atoms with E-state index >= 15 is 0 Å². The van der Waals surface area contributed by atoms with Gasteiger partial charge in [0.25, 0.3) is 5.91 Å². The lowest BCUT2D eigenvalue weighted by molar-refractivity contribution is -0.142. The van der Waals surface area contributed by atoms with Crippen LogP contribution in [0.5, 0.6) is 0 Å². The van der Waals surface area contributed by atoms with Gasteiger partial charge in [0.05, 0.1) is 5.92 Å². The van der Waals surface area contributed by atoms with E-state index in [1.54, 1.807) is 18.3 Å². The summed E-state index contributed by atoms with van der Waals surface area (Å²) in [6.45, 7) is 0.412. The molecule has 1 aromatic heterocycles. The Hall–Kier alpha value is -1.43. The maximum absolute atomic E-state index is 11.9. The molecule has 1 saturated carbocycles. The van der Waals surface area contributed by atoms with Gasteiger partial charge in [-0.25, -0.2) is 4.98 Å². The van der Waals surface area contributed by atoms with E-state index in [9.17, 15) is 9.59 Å². The van der Waals surface area contributed by atoms with Gasteiger partial charge in [-0.3, -0.25) is 9.59 Å². The largest absolute Gasteiger partial charge is 0.481 e. The van der Waals surface area contributed by atoms with E-state index in [0.29, 0.717) is 23.1 Å². The second-order valence-corrected chi connectivity index (χ2v) is 5.53. The van der Waals surface area contributed by atoms with Crippen molar-refractivity contribution in [1.82, 2.24) is 10.3 Å². The summed E-state index contributed by atoms with van der Waals surface area (Å²) in [7, 11) is 0. The lowest BCUT2D eigenvalue weighted by Crippen LogP contribution is -2.33. The van der Waals surface area contributed by atoms with E-state index in [1.807, 2.05) is 0 Å². The van der Waals surface area contributed by atoms with Gasteiger partial charge < -0.3 is 10.4 Å². The normalized spacial score (nSPS) is 22.2. The quantitative estimate of drug-likeness (QED) is 0.830. The number of hydrogen-bond acceptors (Lipinski definition) is 3. The number of halogens is 1. The van der Waals surface area contributed by atoms with Crippen molar-refractivity contribution >= 4 is 27.8 Å². The molecule has 5 nitrogen and oxygen atoms in total.